The third-order valence-electron chi connectivity index (χ3n) is 3.62. The Morgan fingerprint density at radius 3 is 2.83 bits per heavy atom. The van der Waals surface area contributed by atoms with E-state index in [-0.39, 0.29) is 18.1 Å². The molecule has 1 aliphatic rings. The molecule has 0 saturated carbocycles. The molecule has 0 spiro atoms. The molecule has 1 unspecified atom stereocenters. The van der Waals surface area contributed by atoms with Crippen molar-refractivity contribution in [2.75, 3.05) is 18.0 Å². The average molecular weight is 311 g/mol. The molecule has 1 aromatic heterocycles. The molecule has 6 heteroatoms. The van der Waals surface area contributed by atoms with Crippen LogP contribution >= 0.6 is 0 Å². The maximum Gasteiger partial charge on any atom is 0.414 e. The Hall–Kier alpha value is -2.89. The number of carbonyl (C=O) groups is 2. The number of hydrogen-bond acceptors (Lipinski definition) is 4. The lowest BCUT2D eigenvalue weighted by atomic mass is 10.2. The van der Waals surface area contributed by atoms with Crippen molar-refractivity contribution < 1.29 is 14.3 Å². The predicted octanol–water partition coefficient (Wildman–Crippen LogP) is 2.23. The SMILES string of the molecule is O=C(NCCC1CN(c2ccccc2)C(=O)O1)c1cccnc1. The fraction of sp³-hybridized carbons (Fsp3) is 0.235. The maximum atomic E-state index is 11.9. The van der Waals surface area contributed by atoms with Gasteiger partial charge in [0.25, 0.3) is 5.91 Å². The van der Waals surface area contributed by atoms with E-state index < -0.39 is 0 Å². The highest BCUT2D eigenvalue weighted by Gasteiger charge is 2.31. The smallest absolute Gasteiger partial charge is 0.414 e. The van der Waals surface area contributed by atoms with Crippen LogP contribution in [0.2, 0.25) is 0 Å². The summed E-state index contributed by atoms with van der Waals surface area (Å²) >= 11 is 0. The summed E-state index contributed by atoms with van der Waals surface area (Å²) in [4.78, 5) is 29.3. The molecular formula is C17H17N3O3. The summed E-state index contributed by atoms with van der Waals surface area (Å²) in [5.74, 6) is -0.178. The van der Waals surface area contributed by atoms with Gasteiger partial charge in [-0.1, -0.05) is 18.2 Å². The van der Waals surface area contributed by atoms with Crippen LogP contribution < -0.4 is 10.2 Å². The Bertz CT molecular complexity index is 676. The number of aromatic nitrogens is 1. The quantitative estimate of drug-likeness (QED) is 0.919. The van der Waals surface area contributed by atoms with Crippen LogP contribution in [0.3, 0.4) is 0 Å². The summed E-state index contributed by atoms with van der Waals surface area (Å²) in [6.07, 6.45) is 3.13. The zero-order chi connectivity index (χ0) is 16.1. The number of ether oxygens (including phenoxy) is 1. The fourth-order valence-electron chi connectivity index (χ4n) is 2.44. The van der Waals surface area contributed by atoms with E-state index in [9.17, 15) is 9.59 Å². The first kappa shape index (κ1) is 15.0. The molecule has 1 aliphatic heterocycles. The van der Waals surface area contributed by atoms with Gasteiger partial charge in [0.15, 0.2) is 0 Å². The fourth-order valence-corrected chi connectivity index (χ4v) is 2.44. The average Bonchev–Trinajstić information content (AvgIpc) is 2.97. The second-order valence-electron chi connectivity index (χ2n) is 5.24. The molecule has 6 nitrogen and oxygen atoms in total. The minimum absolute atomic E-state index is 0.178. The molecule has 1 saturated heterocycles. The van der Waals surface area contributed by atoms with Gasteiger partial charge in [0.2, 0.25) is 0 Å². The van der Waals surface area contributed by atoms with Gasteiger partial charge in [-0.2, -0.15) is 0 Å². The van der Waals surface area contributed by atoms with Gasteiger partial charge in [0.1, 0.15) is 6.10 Å². The van der Waals surface area contributed by atoms with Gasteiger partial charge in [-0.25, -0.2) is 4.79 Å². The normalized spacial score (nSPS) is 17.0. The van der Waals surface area contributed by atoms with Crippen LogP contribution in [0.15, 0.2) is 54.9 Å². The van der Waals surface area contributed by atoms with Gasteiger partial charge in [-0.15, -0.1) is 0 Å². The van der Waals surface area contributed by atoms with Gasteiger partial charge < -0.3 is 10.1 Å². The Kier molecular flexibility index (Phi) is 4.52. The molecule has 0 radical (unpaired) electrons. The van der Waals surface area contributed by atoms with Crippen LogP contribution in [0.1, 0.15) is 16.8 Å². The Morgan fingerprint density at radius 1 is 1.26 bits per heavy atom. The van der Waals surface area contributed by atoms with Crippen LogP contribution in [0.25, 0.3) is 0 Å². The van der Waals surface area contributed by atoms with Crippen molar-refractivity contribution in [2.45, 2.75) is 12.5 Å². The van der Waals surface area contributed by atoms with Crippen LogP contribution in [0.5, 0.6) is 0 Å². The number of rotatable bonds is 5. The molecule has 2 aromatic rings. The van der Waals surface area contributed by atoms with Crippen molar-refractivity contribution in [2.24, 2.45) is 0 Å². The number of benzene rings is 1. The van der Waals surface area contributed by atoms with E-state index in [1.807, 2.05) is 30.3 Å². The Labute approximate surface area is 134 Å². The second-order valence-corrected chi connectivity index (χ2v) is 5.24. The van der Waals surface area contributed by atoms with E-state index >= 15 is 0 Å². The highest BCUT2D eigenvalue weighted by Crippen LogP contribution is 2.22. The molecule has 2 heterocycles. The first-order valence-corrected chi connectivity index (χ1v) is 7.45. The van der Waals surface area contributed by atoms with E-state index in [0.717, 1.165) is 5.69 Å². The van der Waals surface area contributed by atoms with Crippen LogP contribution in [0.4, 0.5) is 10.5 Å². The number of nitrogens with one attached hydrogen (secondary N) is 1. The highest BCUT2D eigenvalue weighted by molar-refractivity contribution is 5.93. The lowest BCUT2D eigenvalue weighted by molar-refractivity contribution is 0.0944. The van der Waals surface area contributed by atoms with Crippen molar-refractivity contribution in [3.63, 3.8) is 0 Å². The van der Waals surface area contributed by atoms with Gasteiger partial charge in [0, 0.05) is 31.0 Å². The zero-order valence-corrected chi connectivity index (χ0v) is 12.5. The third-order valence-corrected chi connectivity index (χ3v) is 3.62. The summed E-state index contributed by atoms with van der Waals surface area (Å²) in [6.45, 7) is 0.930. The van der Waals surface area contributed by atoms with Gasteiger partial charge in [-0.05, 0) is 24.3 Å². The summed E-state index contributed by atoms with van der Waals surface area (Å²) in [5.41, 5.74) is 1.33. The minimum atomic E-state index is -0.347. The molecule has 0 aliphatic carbocycles. The van der Waals surface area contributed by atoms with Crippen LogP contribution in [-0.2, 0) is 4.74 Å². The Morgan fingerprint density at radius 2 is 2.09 bits per heavy atom. The van der Waals surface area contributed by atoms with Crippen molar-refractivity contribution in [3.05, 3.63) is 60.4 Å². The van der Waals surface area contributed by atoms with Gasteiger partial charge >= 0.3 is 6.09 Å². The molecule has 118 valence electrons. The largest absolute Gasteiger partial charge is 0.444 e. The first-order chi connectivity index (χ1) is 11.2. The molecule has 1 N–H and O–H groups in total. The van der Waals surface area contributed by atoms with Crippen LogP contribution in [-0.4, -0.2) is 36.2 Å². The summed E-state index contributed by atoms with van der Waals surface area (Å²) in [5, 5.41) is 2.81. The lowest BCUT2D eigenvalue weighted by Gasteiger charge is -2.12. The van der Waals surface area contributed by atoms with Crippen molar-refractivity contribution in [1.82, 2.24) is 10.3 Å². The molecule has 3 rings (SSSR count). The van der Waals surface area contributed by atoms with E-state index in [4.69, 9.17) is 4.74 Å². The molecule has 0 bridgehead atoms. The van der Waals surface area contributed by atoms with Gasteiger partial charge in [0.05, 0.1) is 12.1 Å². The Balaban J connectivity index is 1.49. The molecular weight excluding hydrogens is 294 g/mol. The number of pyridine rings is 1. The van der Waals surface area contributed by atoms with E-state index in [1.165, 1.54) is 6.20 Å². The third kappa shape index (κ3) is 3.66. The first-order valence-electron chi connectivity index (χ1n) is 7.45. The van der Waals surface area contributed by atoms with Crippen molar-refractivity contribution >= 4 is 17.7 Å². The molecule has 1 atom stereocenters. The number of nitrogens with zero attached hydrogens (tertiary/aromatic N) is 2. The second kappa shape index (κ2) is 6.91. The zero-order valence-electron chi connectivity index (χ0n) is 12.5. The van der Waals surface area contributed by atoms with E-state index in [2.05, 4.69) is 10.3 Å². The van der Waals surface area contributed by atoms with E-state index in [0.29, 0.717) is 25.1 Å². The number of amides is 2. The number of anilines is 1. The summed E-state index contributed by atoms with van der Waals surface area (Å²) < 4.78 is 5.34. The number of para-hydroxylation sites is 1. The van der Waals surface area contributed by atoms with Crippen molar-refractivity contribution in [1.29, 1.82) is 0 Å². The number of hydrogen-bond donors (Lipinski definition) is 1. The van der Waals surface area contributed by atoms with Crippen molar-refractivity contribution in [3.8, 4) is 0 Å². The van der Waals surface area contributed by atoms with E-state index in [1.54, 1.807) is 23.2 Å². The number of cyclic esters (lactones) is 1. The van der Waals surface area contributed by atoms with Crippen LogP contribution in [0, 0.1) is 0 Å². The molecule has 2 amide bonds. The monoisotopic (exact) mass is 311 g/mol. The molecule has 1 aromatic carbocycles. The number of carbonyl (C=O) groups excluding carboxylic acids is 2. The topological polar surface area (TPSA) is 71.5 Å². The van der Waals surface area contributed by atoms with Gasteiger partial charge in [-0.3, -0.25) is 14.7 Å². The predicted molar refractivity (Wildman–Crippen MR) is 85.2 cm³/mol. The molecule has 23 heavy (non-hydrogen) atoms. The highest BCUT2D eigenvalue weighted by atomic mass is 16.6. The summed E-state index contributed by atoms with van der Waals surface area (Å²) in [6, 6.07) is 12.8. The standard InChI is InChI=1S/C17H17N3O3/c21-16(13-5-4-9-18-11-13)19-10-8-15-12-20(17(22)23-15)14-6-2-1-3-7-14/h1-7,9,11,15H,8,10,12H2,(H,19,21). The molecule has 1 fully saturated rings. The summed E-state index contributed by atoms with van der Waals surface area (Å²) in [7, 11) is 0. The maximum absolute atomic E-state index is 11.9. The minimum Gasteiger partial charge on any atom is -0.444 e. The lowest BCUT2D eigenvalue weighted by Crippen LogP contribution is -2.29.